The van der Waals surface area contributed by atoms with Crippen molar-refractivity contribution in [3.8, 4) is 0 Å². The molecule has 0 aromatic carbocycles. The maximum Gasteiger partial charge on any atom is 0.241 e. The Bertz CT molecular complexity index is 292. The fraction of sp³-hybridized carbons (Fsp3) is 0.429. The first-order chi connectivity index (χ1) is 5.65. The molecule has 5 heteroatoms. The minimum Gasteiger partial charge on any atom is -0.396 e. The molecule has 5 nitrogen and oxygen atoms in total. The number of likely N-dealkylation sites (N-methyl/N-ethyl adjacent to an activating group) is 1. The van der Waals surface area contributed by atoms with Crippen molar-refractivity contribution in [2.45, 2.75) is 13.5 Å². The minimum atomic E-state index is -0.0822. The van der Waals surface area contributed by atoms with Crippen LogP contribution in [0.2, 0.25) is 0 Å². The van der Waals surface area contributed by atoms with Gasteiger partial charge in [0.15, 0.2) is 0 Å². The van der Waals surface area contributed by atoms with E-state index >= 15 is 0 Å². The van der Waals surface area contributed by atoms with Crippen LogP contribution >= 0.6 is 0 Å². The third-order valence-corrected chi connectivity index (χ3v) is 1.71. The van der Waals surface area contributed by atoms with Gasteiger partial charge in [0.1, 0.15) is 6.54 Å². The van der Waals surface area contributed by atoms with Crippen LogP contribution in [0, 0.1) is 6.92 Å². The normalized spacial score (nSPS) is 9.83. The van der Waals surface area contributed by atoms with Crippen molar-refractivity contribution in [1.82, 2.24) is 15.1 Å². The Morgan fingerprint density at radius 2 is 2.50 bits per heavy atom. The largest absolute Gasteiger partial charge is 0.396 e. The summed E-state index contributed by atoms with van der Waals surface area (Å²) in [5.74, 6) is -0.0822. The van der Waals surface area contributed by atoms with Crippen molar-refractivity contribution < 1.29 is 4.79 Å². The summed E-state index contributed by atoms with van der Waals surface area (Å²) in [5, 5.41) is 6.44. The highest BCUT2D eigenvalue weighted by Gasteiger charge is 2.05. The number of hydrogen-bond donors (Lipinski definition) is 2. The van der Waals surface area contributed by atoms with Gasteiger partial charge in [-0.1, -0.05) is 0 Å². The van der Waals surface area contributed by atoms with Crippen molar-refractivity contribution >= 4 is 11.6 Å². The van der Waals surface area contributed by atoms with Crippen LogP contribution in [0.5, 0.6) is 0 Å². The first-order valence-electron chi connectivity index (χ1n) is 3.63. The van der Waals surface area contributed by atoms with Gasteiger partial charge in [-0.15, -0.1) is 0 Å². The lowest BCUT2D eigenvalue weighted by Gasteiger charge is -2.02. The maximum absolute atomic E-state index is 10.9. The van der Waals surface area contributed by atoms with Crippen molar-refractivity contribution in [1.29, 1.82) is 0 Å². The lowest BCUT2D eigenvalue weighted by atomic mass is 10.4. The summed E-state index contributed by atoms with van der Waals surface area (Å²) in [6, 6.07) is 0. The van der Waals surface area contributed by atoms with Gasteiger partial charge in [0.25, 0.3) is 0 Å². The highest BCUT2D eigenvalue weighted by molar-refractivity contribution is 5.75. The van der Waals surface area contributed by atoms with E-state index in [2.05, 4.69) is 10.4 Å². The monoisotopic (exact) mass is 168 g/mol. The Labute approximate surface area is 70.5 Å². The molecule has 12 heavy (non-hydrogen) atoms. The van der Waals surface area contributed by atoms with Gasteiger partial charge in [-0.25, -0.2) is 0 Å². The van der Waals surface area contributed by atoms with Crippen molar-refractivity contribution in [3.05, 3.63) is 11.9 Å². The number of nitrogens with one attached hydrogen (secondary N) is 1. The van der Waals surface area contributed by atoms with E-state index in [0.29, 0.717) is 5.69 Å². The molecule has 1 rings (SSSR count). The van der Waals surface area contributed by atoms with Gasteiger partial charge in [-0.05, 0) is 6.92 Å². The predicted octanol–water partition coefficient (Wildman–Crippen LogP) is -0.480. The molecule has 0 aliphatic carbocycles. The van der Waals surface area contributed by atoms with E-state index in [-0.39, 0.29) is 12.5 Å². The van der Waals surface area contributed by atoms with Gasteiger partial charge in [-0.2, -0.15) is 5.10 Å². The Balaban J connectivity index is 2.76. The van der Waals surface area contributed by atoms with Crippen LogP contribution in [0.1, 0.15) is 5.69 Å². The molecule has 1 aromatic rings. The number of carbonyl (C=O) groups is 1. The Kier molecular flexibility index (Phi) is 2.32. The van der Waals surface area contributed by atoms with Crippen LogP contribution in [0.4, 0.5) is 5.69 Å². The molecule has 0 fully saturated rings. The topological polar surface area (TPSA) is 72.9 Å². The van der Waals surface area contributed by atoms with Gasteiger partial charge >= 0.3 is 0 Å². The number of amides is 1. The summed E-state index contributed by atoms with van der Waals surface area (Å²) in [6.45, 7) is 2.05. The fourth-order valence-corrected chi connectivity index (χ4v) is 0.835. The molecule has 0 saturated carbocycles. The van der Waals surface area contributed by atoms with E-state index in [1.54, 1.807) is 11.7 Å². The summed E-state index contributed by atoms with van der Waals surface area (Å²) in [4.78, 5) is 10.9. The smallest absolute Gasteiger partial charge is 0.241 e. The first-order valence-corrected chi connectivity index (χ1v) is 3.63. The van der Waals surface area contributed by atoms with E-state index in [9.17, 15) is 4.79 Å². The number of rotatable bonds is 2. The highest BCUT2D eigenvalue weighted by atomic mass is 16.1. The van der Waals surface area contributed by atoms with Crippen LogP contribution in [0.3, 0.4) is 0 Å². The van der Waals surface area contributed by atoms with Crippen molar-refractivity contribution in [2.24, 2.45) is 0 Å². The van der Waals surface area contributed by atoms with Crippen LogP contribution in [-0.4, -0.2) is 22.7 Å². The van der Waals surface area contributed by atoms with E-state index in [0.717, 1.165) is 5.69 Å². The molecule has 0 radical (unpaired) electrons. The lowest BCUT2D eigenvalue weighted by Crippen LogP contribution is -2.24. The molecule has 0 atom stereocenters. The molecule has 3 N–H and O–H groups in total. The molecular formula is C7H12N4O. The number of nitrogens with zero attached hydrogens (tertiary/aromatic N) is 2. The zero-order valence-corrected chi connectivity index (χ0v) is 7.16. The number of carbonyl (C=O) groups excluding carboxylic acids is 1. The average Bonchev–Trinajstić information content (AvgIpc) is 2.36. The highest BCUT2D eigenvalue weighted by Crippen LogP contribution is 2.07. The number of hydrogen-bond acceptors (Lipinski definition) is 3. The van der Waals surface area contributed by atoms with Gasteiger partial charge in [-0.3, -0.25) is 9.48 Å². The molecule has 0 bridgehead atoms. The summed E-state index contributed by atoms with van der Waals surface area (Å²) in [7, 11) is 1.59. The number of anilines is 1. The molecule has 1 heterocycles. The van der Waals surface area contributed by atoms with Gasteiger partial charge in [0.2, 0.25) is 5.91 Å². The summed E-state index contributed by atoms with van der Waals surface area (Å²) in [5.41, 5.74) is 6.97. The predicted molar refractivity (Wildman–Crippen MR) is 45.4 cm³/mol. The molecule has 1 amide bonds. The van der Waals surface area contributed by atoms with Gasteiger partial charge in [0.05, 0.1) is 17.6 Å². The summed E-state index contributed by atoms with van der Waals surface area (Å²) < 4.78 is 1.56. The number of nitrogens with two attached hydrogens (primary N) is 1. The second-order valence-corrected chi connectivity index (χ2v) is 2.52. The SMILES string of the molecule is CNC(=O)Cn1ncc(N)c1C. The molecule has 0 aliphatic heterocycles. The first kappa shape index (κ1) is 8.58. The lowest BCUT2D eigenvalue weighted by molar-refractivity contribution is -0.121. The van der Waals surface area contributed by atoms with E-state index in [4.69, 9.17) is 5.73 Å². The Morgan fingerprint density at radius 1 is 1.83 bits per heavy atom. The quantitative estimate of drug-likeness (QED) is 0.626. The van der Waals surface area contributed by atoms with Crippen LogP contribution in [0.15, 0.2) is 6.20 Å². The van der Waals surface area contributed by atoms with Crippen molar-refractivity contribution in [2.75, 3.05) is 12.8 Å². The second kappa shape index (κ2) is 3.25. The molecule has 0 spiro atoms. The third kappa shape index (κ3) is 1.55. The minimum absolute atomic E-state index is 0.0822. The van der Waals surface area contributed by atoms with Crippen LogP contribution in [-0.2, 0) is 11.3 Å². The zero-order chi connectivity index (χ0) is 9.14. The fourth-order valence-electron chi connectivity index (χ4n) is 0.835. The second-order valence-electron chi connectivity index (χ2n) is 2.52. The molecule has 0 unspecified atom stereocenters. The molecule has 0 aliphatic rings. The van der Waals surface area contributed by atoms with Crippen molar-refractivity contribution in [3.63, 3.8) is 0 Å². The van der Waals surface area contributed by atoms with Crippen LogP contribution in [0.25, 0.3) is 0 Å². The maximum atomic E-state index is 10.9. The van der Waals surface area contributed by atoms with E-state index in [1.807, 2.05) is 6.92 Å². The Hall–Kier alpha value is -1.52. The van der Waals surface area contributed by atoms with E-state index in [1.165, 1.54) is 6.20 Å². The number of aromatic nitrogens is 2. The Morgan fingerprint density at radius 3 is 2.92 bits per heavy atom. The van der Waals surface area contributed by atoms with E-state index < -0.39 is 0 Å². The van der Waals surface area contributed by atoms with Gasteiger partial charge < -0.3 is 11.1 Å². The number of nitrogen functional groups attached to an aromatic ring is 1. The standard InChI is InChI=1S/C7H12N4O/c1-5-6(8)3-10-11(5)4-7(12)9-2/h3H,4,8H2,1-2H3,(H,9,12). The van der Waals surface area contributed by atoms with Gasteiger partial charge in [0, 0.05) is 7.05 Å². The molecular weight excluding hydrogens is 156 g/mol. The zero-order valence-electron chi connectivity index (χ0n) is 7.16. The summed E-state index contributed by atoms with van der Waals surface area (Å²) >= 11 is 0. The molecule has 1 aromatic heterocycles. The average molecular weight is 168 g/mol. The molecule has 66 valence electrons. The van der Waals surface area contributed by atoms with Crippen LogP contribution < -0.4 is 11.1 Å². The summed E-state index contributed by atoms with van der Waals surface area (Å²) in [6.07, 6.45) is 1.54. The third-order valence-electron chi connectivity index (χ3n) is 1.71. The molecule has 0 saturated heterocycles.